The Hall–Kier alpha value is -1.02. The summed E-state index contributed by atoms with van der Waals surface area (Å²) in [4.78, 5) is 0. The maximum atomic E-state index is 13.8. The van der Waals surface area contributed by atoms with Crippen LogP contribution in [0.3, 0.4) is 0 Å². The van der Waals surface area contributed by atoms with Gasteiger partial charge in [0, 0.05) is 17.6 Å². The zero-order valence-electron chi connectivity index (χ0n) is 10.1. The van der Waals surface area contributed by atoms with Crippen LogP contribution < -0.4 is 11.3 Å². The molecular weight excluding hydrogens is 337 g/mol. The molecule has 0 saturated heterocycles. The SMILES string of the molecule is Cn1nnc(Br)c1C(Cc1c(F)cccc1Cl)NN. The molecule has 3 N–H and O–H groups in total. The highest BCUT2D eigenvalue weighted by Crippen LogP contribution is 2.27. The van der Waals surface area contributed by atoms with Crippen molar-refractivity contribution in [2.75, 3.05) is 0 Å². The molecule has 1 heterocycles. The summed E-state index contributed by atoms with van der Waals surface area (Å²) in [5.74, 6) is 5.18. The Bertz CT molecular complexity index is 549. The van der Waals surface area contributed by atoms with Crippen molar-refractivity contribution in [3.63, 3.8) is 0 Å². The molecule has 0 aliphatic rings. The summed E-state index contributed by atoms with van der Waals surface area (Å²) in [7, 11) is 1.74. The highest BCUT2D eigenvalue weighted by Gasteiger charge is 2.22. The quantitative estimate of drug-likeness (QED) is 0.656. The molecule has 0 spiro atoms. The zero-order valence-corrected chi connectivity index (χ0v) is 12.4. The number of halogens is 3. The summed E-state index contributed by atoms with van der Waals surface area (Å²) >= 11 is 9.31. The molecule has 8 heteroatoms. The predicted octanol–water partition coefficient (Wildman–Crippen LogP) is 2.12. The summed E-state index contributed by atoms with van der Waals surface area (Å²) in [6.07, 6.45) is 0.293. The van der Waals surface area contributed by atoms with Crippen LogP contribution in [-0.4, -0.2) is 15.0 Å². The van der Waals surface area contributed by atoms with Gasteiger partial charge in [0.25, 0.3) is 0 Å². The molecule has 1 unspecified atom stereocenters. The first kappa shape index (κ1) is 14.4. The van der Waals surface area contributed by atoms with Crippen LogP contribution in [0.5, 0.6) is 0 Å². The van der Waals surface area contributed by atoms with Crippen molar-refractivity contribution >= 4 is 27.5 Å². The molecule has 19 heavy (non-hydrogen) atoms. The van der Waals surface area contributed by atoms with Crippen molar-refractivity contribution in [2.24, 2.45) is 12.9 Å². The van der Waals surface area contributed by atoms with Crippen LogP contribution in [0.1, 0.15) is 17.3 Å². The number of nitrogens with zero attached hydrogens (tertiary/aromatic N) is 3. The van der Waals surface area contributed by atoms with E-state index in [9.17, 15) is 4.39 Å². The lowest BCUT2D eigenvalue weighted by molar-refractivity contribution is 0.493. The molecule has 0 aliphatic carbocycles. The molecule has 0 fully saturated rings. The maximum absolute atomic E-state index is 13.8. The molecule has 1 atom stereocenters. The number of hydrazine groups is 1. The lowest BCUT2D eigenvalue weighted by Gasteiger charge is -2.17. The number of hydrogen-bond acceptors (Lipinski definition) is 4. The van der Waals surface area contributed by atoms with Gasteiger partial charge in [0.1, 0.15) is 5.82 Å². The Balaban J connectivity index is 2.35. The third-order valence-electron chi connectivity index (χ3n) is 2.83. The van der Waals surface area contributed by atoms with E-state index in [1.54, 1.807) is 23.9 Å². The van der Waals surface area contributed by atoms with Crippen LogP contribution >= 0.6 is 27.5 Å². The van der Waals surface area contributed by atoms with E-state index in [-0.39, 0.29) is 11.9 Å². The van der Waals surface area contributed by atoms with Gasteiger partial charge < -0.3 is 0 Å². The molecule has 0 radical (unpaired) electrons. The molecule has 0 amide bonds. The van der Waals surface area contributed by atoms with Gasteiger partial charge in [-0.15, -0.1) is 5.10 Å². The minimum absolute atomic E-state index is 0.293. The number of nitrogens with two attached hydrogens (primary N) is 1. The van der Waals surface area contributed by atoms with Crippen LogP contribution in [0.2, 0.25) is 5.02 Å². The smallest absolute Gasteiger partial charge is 0.153 e. The van der Waals surface area contributed by atoms with E-state index in [0.717, 1.165) is 5.69 Å². The molecule has 0 saturated carbocycles. The molecular formula is C11H12BrClFN5. The normalized spacial score (nSPS) is 12.7. The van der Waals surface area contributed by atoms with Crippen molar-refractivity contribution in [2.45, 2.75) is 12.5 Å². The molecule has 102 valence electrons. The number of aromatic nitrogens is 3. The van der Waals surface area contributed by atoms with E-state index in [1.807, 2.05) is 0 Å². The summed E-state index contributed by atoms with van der Waals surface area (Å²) in [5, 5.41) is 8.11. The van der Waals surface area contributed by atoms with Crippen molar-refractivity contribution in [3.05, 3.63) is 44.9 Å². The lowest BCUT2D eigenvalue weighted by Crippen LogP contribution is -2.31. The van der Waals surface area contributed by atoms with E-state index < -0.39 is 0 Å². The first-order valence-electron chi connectivity index (χ1n) is 5.48. The van der Waals surface area contributed by atoms with Crippen LogP contribution in [0.25, 0.3) is 0 Å². The molecule has 0 bridgehead atoms. The van der Waals surface area contributed by atoms with Crippen molar-refractivity contribution < 1.29 is 4.39 Å². The number of hydrogen-bond donors (Lipinski definition) is 2. The van der Waals surface area contributed by atoms with Gasteiger partial charge in [0.2, 0.25) is 0 Å². The zero-order chi connectivity index (χ0) is 14.0. The first-order valence-corrected chi connectivity index (χ1v) is 6.65. The van der Waals surface area contributed by atoms with Gasteiger partial charge in [0.15, 0.2) is 4.60 Å². The van der Waals surface area contributed by atoms with E-state index >= 15 is 0 Å². The summed E-state index contributed by atoms with van der Waals surface area (Å²) < 4.78 is 15.9. The largest absolute Gasteiger partial charge is 0.271 e. The average molecular weight is 349 g/mol. The first-order chi connectivity index (χ1) is 9.04. The minimum Gasteiger partial charge on any atom is -0.271 e. The van der Waals surface area contributed by atoms with Gasteiger partial charge >= 0.3 is 0 Å². The number of benzene rings is 1. The monoisotopic (exact) mass is 347 g/mol. The van der Waals surface area contributed by atoms with Crippen LogP contribution in [-0.2, 0) is 13.5 Å². The second-order valence-corrected chi connectivity index (χ2v) is 5.17. The fraction of sp³-hybridized carbons (Fsp3) is 0.273. The fourth-order valence-electron chi connectivity index (χ4n) is 1.87. The fourth-order valence-corrected chi connectivity index (χ4v) is 2.72. The Labute approximate surface area is 123 Å². The second kappa shape index (κ2) is 5.96. The van der Waals surface area contributed by atoms with Gasteiger partial charge in [-0.3, -0.25) is 11.3 Å². The summed E-state index contributed by atoms with van der Waals surface area (Å²) in [5.41, 5.74) is 3.76. The third kappa shape index (κ3) is 2.94. The van der Waals surface area contributed by atoms with E-state index in [2.05, 4.69) is 31.7 Å². The minimum atomic E-state index is -0.362. The maximum Gasteiger partial charge on any atom is 0.153 e. The molecule has 1 aromatic carbocycles. The highest BCUT2D eigenvalue weighted by atomic mass is 79.9. The van der Waals surface area contributed by atoms with Gasteiger partial charge in [-0.1, -0.05) is 22.9 Å². The third-order valence-corrected chi connectivity index (χ3v) is 3.75. The summed E-state index contributed by atoms with van der Waals surface area (Å²) in [6.45, 7) is 0. The van der Waals surface area contributed by atoms with Gasteiger partial charge in [-0.05, 0) is 34.5 Å². The lowest BCUT2D eigenvalue weighted by atomic mass is 10.0. The molecule has 1 aromatic heterocycles. The van der Waals surface area contributed by atoms with E-state index in [1.165, 1.54) is 6.07 Å². The summed E-state index contributed by atoms with van der Waals surface area (Å²) in [6, 6.07) is 4.21. The van der Waals surface area contributed by atoms with Crippen LogP contribution in [0.15, 0.2) is 22.8 Å². The Morgan fingerprint density at radius 2 is 2.32 bits per heavy atom. The Morgan fingerprint density at radius 1 is 1.58 bits per heavy atom. The topological polar surface area (TPSA) is 68.8 Å². The van der Waals surface area contributed by atoms with Crippen LogP contribution in [0.4, 0.5) is 4.39 Å². The molecule has 0 aliphatic heterocycles. The standard InChI is InChI=1S/C11H12BrClFN5/c1-19-10(11(12)17-18-19)9(16-15)5-6-7(13)3-2-4-8(6)14/h2-4,9,16H,5,15H2,1H3. The predicted molar refractivity (Wildman–Crippen MR) is 73.9 cm³/mol. The number of nitrogens with one attached hydrogen (secondary N) is 1. The molecule has 2 aromatic rings. The van der Waals surface area contributed by atoms with Crippen LogP contribution in [0, 0.1) is 5.82 Å². The van der Waals surface area contributed by atoms with Gasteiger partial charge in [0.05, 0.1) is 11.7 Å². The Morgan fingerprint density at radius 3 is 2.84 bits per heavy atom. The number of rotatable bonds is 4. The van der Waals surface area contributed by atoms with E-state index in [4.69, 9.17) is 17.4 Å². The molecule has 2 rings (SSSR count). The van der Waals surface area contributed by atoms with Crippen molar-refractivity contribution in [3.8, 4) is 0 Å². The number of aryl methyl sites for hydroxylation is 1. The molecule has 5 nitrogen and oxygen atoms in total. The van der Waals surface area contributed by atoms with Crippen molar-refractivity contribution in [1.29, 1.82) is 0 Å². The highest BCUT2D eigenvalue weighted by molar-refractivity contribution is 9.10. The average Bonchev–Trinajstić information content (AvgIpc) is 2.70. The Kier molecular flexibility index (Phi) is 4.51. The van der Waals surface area contributed by atoms with Gasteiger partial charge in [-0.2, -0.15) is 0 Å². The second-order valence-electron chi connectivity index (χ2n) is 4.01. The van der Waals surface area contributed by atoms with Gasteiger partial charge in [-0.25, -0.2) is 9.07 Å². The van der Waals surface area contributed by atoms with E-state index in [0.29, 0.717) is 21.6 Å². The van der Waals surface area contributed by atoms with Crippen molar-refractivity contribution in [1.82, 2.24) is 20.4 Å².